The van der Waals surface area contributed by atoms with Gasteiger partial charge >= 0.3 is 0 Å². The fourth-order valence-electron chi connectivity index (χ4n) is 1.78. The summed E-state index contributed by atoms with van der Waals surface area (Å²) in [6.45, 7) is 4.04. The minimum absolute atomic E-state index is 0.246. The lowest BCUT2D eigenvalue weighted by Crippen LogP contribution is -2.21. The molecule has 84 valence electrons. The Morgan fingerprint density at radius 2 is 2.19 bits per heavy atom. The Kier molecular flexibility index (Phi) is 2.63. The van der Waals surface area contributed by atoms with Crippen LogP contribution >= 0.6 is 12.2 Å². The van der Waals surface area contributed by atoms with E-state index >= 15 is 0 Å². The van der Waals surface area contributed by atoms with Gasteiger partial charge in [0.25, 0.3) is 5.56 Å². The first kappa shape index (κ1) is 11.0. The summed E-state index contributed by atoms with van der Waals surface area (Å²) in [7, 11) is 0. The van der Waals surface area contributed by atoms with Crippen molar-refractivity contribution in [2.45, 2.75) is 20.4 Å². The third-order valence-electron chi connectivity index (χ3n) is 2.57. The SMILES string of the molecule is CCn1c(=S)[nH]c2c(C)cc(F)cc2c1=O. The molecular weight excluding hydrogens is 227 g/mol. The van der Waals surface area contributed by atoms with Crippen LogP contribution < -0.4 is 5.56 Å². The van der Waals surface area contributed by atoms with E-state index in [1.807, 2.05) is 6.92 Å². The van der Waals surface area contributed by atoms with E-state index in [0.717, 1.165) is 0 Å². The Hall–Kier alpha value is -1.49. The number of hydrogen-bond donors (Lipinski definition) is 1. The number of benzene rings is 1. The summed E-state index contributed by atoms with van der Waals surface area (Å²) in [5.74, 6) is -0.407. The molecule has 0 atom stereocenters. The molecule has 3 nitrogen and oxygen atoms in total. The summed E-state index contributed by atoms with van der Waals surface area (Å²) >= 11 is 5.07. The summed E-state index contributed by atoms with van der Waals surface area (Å²) < 4.78 is 15.0. The van der Waals surface area contributed by atoms with Gasteiger partial charge in [0.05, 0.1) is 10.9 Å². The van der Waals surface area contributed by atoms with Crippen molar-refractivity contribution in [3.63, 3.8) is 0 Å². The van der Waals surface area contributed by atoms with Gasteiger partial charge in [0.15, 0.2) is 4.77 Å². The minimum Gasteiger partial charge on any atom is -0.331 e. The first-order valence-electron chi connectivity index (χ1n) is 4.97. The van der Waals surface area contributed by atoms with Gasteiger partial charge in [0.1, 0.15) is 5.82 Å². The molecule has 0 bridgehead atoms. The number of halogens is 1. The Bertz CT molecular complexity index is 672. The Balaban J connectivity index is 3.05. The van der Waals surface area contributed by atoms with Gasteiger partial charge in [-0.1, -0.05) is 0 Å². The zero-order chi connectivity index (χ0) is 11.9. The van der Waals surface area contributed by atoms with Crippen LogP contribution in [0.4, 0.5) is 4.39 Å². The standard InChI is InChI=1S/C11H11FN2OS/c1-3-14-10(15)8-5-7(12)4-6(2)9(8)13-11(14)16/h4-5H,3H2,1-2H3,(H,13,16). The fourth-order valence-corrected chi connectivity index (χ4v) is 2.09. The van der Waals surface area contributed by atoms with Crippen LogP contribution in [0.5, 0.6) is 0 Å². The summed E-state index contributed by atoms with van der Waals surface area (Å²) in [4.78, 5) is 15.0. The van der Waals surface area contributed by atoms with E-state index in [1.54, 1.807) is 6.92 Å². The van der Waals surface area contributed by atoms with Crippen LogP contribution in [0.1, 0.15) is 12.5 Å². The molecule has 0 aliphatic heterocycles. The minimum atomic E-state index is -0.407. The number of aromatic amines is 1. The smallest absolute Gasteiger partial charge is 0.262 e. The van der Waals surface area contributed by atoms with E-state index in [4.69, 9.17) is 12.2 Å². The molecule has 1 aromatic carbocycles. The molecule has 2 aromatic rings. The maximum Gasteiger partial charge on any atom is 0.262 e. The summed E-state index contributed by atoms with van der Waals surface area (Å²) in [5, 5.41) is 0.341. The van der Waals surface area contributed by atoms with E-state index in [0.29, 0.717) is 27.8 Å². The Morgan fingerprint density at radius 3 is 2.81 bits per heavy atom. The van der Waals surface area contributed by atoms with Gasteiger partial charge in [-0.3, -0.25) is 9.36 Å². The first-order valence-corrected chi connectivity index (χ1v) is 5.38. The molecule has 5 heteroatoms. The van der Waals surface area contributed by atoms with E-state index in [-0.39, 0.29) is 5.56 Å². The number of nitrogens with zero attached hydrogens (tertiary/aromatic N) is 1. The summed E-state index contributed by atoms with van der Waals surface area (Å²) in [6, 6.07) is 2.62. The highest BCUT2D eigenvalue weighted by molar-refractivity contribution is 7.71. The number of aryl methyl sites for hydroxylation is 1. The molecule has 0 radical (unpaired) electrons. The molecule has 1 N–H and O–H groups in total. The van der Waals surface area contributed by atoms with Crippen molar-refractivity contribution in [1.82, 2.24) is 9.55 Å². The maximum absolute atomic E-state index is 13.2. The summed E-state index contributed by atoms with van der Waals surface area (Å²) in [6.07, 6.45) is 0. The van der Waals surface area contributed by atoms with E-state index in [2.05, 4.69) is 4.98 Å². The average Bonchev–Trinajstić information content (AvgIpc) is 2.21. The van der Waals surface area contributed by atoms with Crippen LogP contribution in [0.25, 0.3) is 10.9 Å². The zero-order valence-electron chi connectivity index (χ0n) is 9.00. The van der Waals surface area contributed by atoms with Gasteiger partial charge in [-0.15, -0.1) is 0 Å². The molecule has 0 saturated heterocycles. The van der Waals surface area contributed by atoms with Crippen molar-refractivity contribution in [2.24, 2.45) is 0 Å². The maximum atomic E-state index is 13.2. The van der Waals surface area contributed by atoms with E-state index < -0.39 is 5.82 Å². The molecule has 0 aliphatic rings. The van der Waals surface area contributed by atoms with Gasteiger partial charge in [-0.25, -0.2) is 4.39 Å². The number of nitrogens with one attached hydrogen (secondary N) is 1. The molecule has 0 spiro atoms. The number of rotatable bonds is 1. The molecule has 2 rings (SSSR count). The van der Waals surface area contributed by atoms with Gasteiger partial charge in [0.2, 0.25) is 0 Å². The van der Waals surface area contributed by atoms with Crippen LogP contribution in [0.2, 0.25) is 0 Å². The number of H-pyrrole nitrogens is 1. The first-order chi connectivity index (χ1) is 7.54. The molecule has 0 amide bonds. The normalized spacial score (nSPS) is 10.9. The van der Waals surface area contributed by atoms with Crippen LogP contribution in [0.3, 0.4) is 0 Å². The topological polar surface area (TPSA) is 37.8 Å². The number of hydrogen-bond acceptors (Lipinski definition) is 2. The number of fused-ring (bicyclic) bond motifs is 1. The van der Waals surface area contributed by atoms with Crippen molar-refractivity contribution in [2.75, 3.05) is 0 Å². The quantitative estimate of drug-likeness (QED) is 0.775. The van der Waals surface area contributed by atoms with Crippen LogP contribution in [-0.4, -0.2) is 9.55 Å². The molecule has 0 aliphatic carbocycles. The second kappa shape index (κ2) is 3.83. The highest BCUT2D eigenvalue weighted by Gasteiger charge is 2.07. The molecule has 0 saturated carbocycles. The van der Waals surface area contributed by atoms with Gasteiger partial charge in [-0.2, -0.15) is 0 Å². The zero-order valence-corrected chi connectivity index (χ0v) is 9.82. The lowest BCUT2D eigenvalue weighted by molar-refractivity contribution is 0.627. The molecular formula is C11H11FN2OS. The molecule has 16 heavy (non-hydrogen) atoms. The largest absolute Gasteiger partial charge is 0.331 e. The van der Waals surface area contributed by atoms with Crippen LogP contribution in [-0.2, 0) is 6.54 Å². The monoisotopic (exact) mass is 238 g/mol. The second-order valence-electron chi connectivity index (χ2n) is 3.62. The van der Waals surface area contributed by atoms with Gasteiger partial charge in [0, 0.05) is 6.54 Å². The third-order valence-corrected chi connectivity index (χ3v) is 2.89. The van der Waals surface area contributed by atoms with Crippen LogP contribution in [0, 0.1) is 17.5 Å². The lowest BCUT2D eigenvalue weighted by atomic mass is 10.1. The Morgan fingerprint density at radius 1 is 1.50 bits per heavy atom. The third kappa shape index (κ3) is 1.57. The lowest BCUT2D eigenvalue weighted by Gasteiger charge is -2.07. The number of aromatic nitrogens is 2. The van der Waals surface area contributed by atoms with Crippen molar-refractivity contribution in [3.05, 3.63) is 38.6 Å². The average molecular weight is 238 g/mol. The fraction of sp³-hybridized carbons (Fsp3) is 0.273. The Labute approximate surface area is 96.5 Å². The molecule has 0 unspecified atom stereocenters. The van der Waals surface area contributed by atoms with Gasteiger partial charge in [-0.05, 0) is 43.8 Å². The molecule has 1 aromatic heterocycles. The van der Waals surface area contributed by atoms with Crippen molar-refractivity contribution < 1.29 is 4.39 Å². The second-order valence-corrected chi connectivity index (χ2v) is 4.01. The van der Waals surface area contributed by atoms with Crippen molar-refractivity contribution in [3.8, 4) is 0 Å². The molecule has 0 fully saturated rings. The highest BCUT2D eigenvalue weighted by Crippen LogP contribution is 2.14. The predicted octanol–water partition coefficient (Wildman–Crippen LogP) is 2.53. The summed E-state index contributed by atoms with van der Waals surface area (Å²) in [5.41, 5.74) is 1.05. The highest BCUT2D eigenvalue weighted by atomic mass is 32.1. The van der Waals surface area contributed by atoms with E-state index in [1.165, 1.54) is 16.7 Å². The van der Waals surface area contributed by atoms with Gasteiger partial charge < -0.3 is 4.98 Å². The van der Waals surface area contributed by atoms with Crippen molar-refractivity contribution >= 4 is 23.1 Å². The molecule has 1 heterocycles. The van der Waals surface area contributed by atoms with Crippen LogP contribution in [0.15, 0.2) is 16.9 Å². The van der Waals surface area contributed by atoms with Crippen molar-refractivity contribution in [1.29, 1.82) is 0 Å². The van der Waals surface area contributed by atoms with E-state index in [9.17, 15) is 9.18 Å². The predicted molar refractivity (Wildman–Crippen MR) is 63.8 cm³/mol.